The van der Waals surface area contributed by atoms with Crippen LogP contribution in [-0.2, 0) is 14.8 Å². The number of piperidine rings is 1. The second-order valence-electron chi connectivity index (χ2n) is 9.46. The van der Waals surface area contributed by atoms with Crippen molar-refractivity contribution in [1.29, 1.82) is 0 Å². The van der Waals surface area contributed by atoms with E-state index in [9.17, 15) is 18.3 Å². The topological polar surface area (TPSA) is 86.7 Å². The van der Waals surface area contributed by atoms with E-state index in [2.05, 4.69) is 4.72 Å². The van der Waals surface area contributed by atoms with Crippen LogP contribution in [0.4, 0.5) is 0 Å². The Labute approximate surface area is 180 Å². The minimum absolute atomic E-state index is 0.0433. The first-order valence-corrected chi connectivity index (χ1v) is 12.9. The SMILES string of the molecule is O=C(C1CCC(CNS(=O)(=O)c2ccccc2)CC1)N1CC[C@]2(O)CCCC[C@H]2C1. The number of aliphatic hydroxyl groups is 1. The lowest BCUT2D eigenvalue weighted by molar-refractivity contribution is -0.148. The van der Waals surface area contributed by atoms with Gasteiger partial charge in [-0.3, -0.25) is 4.79 Å². The number of carbonyl (C=O) groups is 1. The summed E-state index contributed by atoms with van der Waals surface area (Å²) in [4.78, 5) is 15.4. The summed E-state index contributed by atoms with van der Waals surface area (Å²) in [5.41, 5.74) is -0.553. The molecule has 0 radical (unpaired) electrons. The highest BCUT2D eigenvalue weighted by molar-refractivity contribution is 7.89. The van der Waals surface area contributed by atoms with Crippen LogP contribution in [0.2, 0.25) is 0 Å². The summed E-state index contributed by atoms with van der Waals surface area (Å²) in [7, 11) is -3.47. The van der Waals surface area contributed by atoms with E-state index in [-0.39, 0.29) is 23.7 Å². The Morgan fingerprint density at radius 2 is 1.80 bits per heavy atom. The summed E-state index contributed by atoms with van der Waals surface area (Å²) in [6.07, 6.45) is 8.24. The number of nitrogens with zero attached hydrogens (tertiary/aromatic N) is 1. The molecule has 1 aromatic rings. The van der Waals surface area contributed by atoms with Gasteiger partial charge < -0.3 is 10.0 Å². The van der Waals surface area contributed by atoms with Crippen LogP contribution in [0.3, 0.4) is 0 Å². The Kier molecular flexibility index (Phi) is 6.51. The van der Waals surface area contributed by atoms with Gasteiger partial charge in [-0.15, -0.1) is 0 Å². The Hall–Kier alpha value is -1.44. The van der Waals surface area contributed by atoms with Crippen molar-refractivity contribution in [2.45, 2.75) is 68.3 Å². The lowest BCUT2D eigenvalue weighted by atomic mass is 9.71. The molecule has 1 amide bonds. The number of nitrogens with one attached hydrogen (secondary N) is 1. The van der Waals surface area contributed by atoms with Gasteiger partial charge in [-0.1, -0.05) is 31.0 Å². The molecule has 3 aliphatic rings. The van der Waals surface area contributed by atoms with Crippen molar-refractivity contribution in [1.82, 2.24) is 9.62 Å². The zero-order valence-electron chi connectivity index (χ0n) is 17.6. The van der Waals surface area contributed by atoms with Crippen molar-refractivity contribution in [3.05, 3.63) is 30.3 Å². The average molecular weight is 435 g/mol. The van der Waals surface area contributed by atoms with E-state index in [4.69, 9.17) is 0 Å². The molecule has 0 aromatic heterocycles. The Morgan fingerprint density at radius 3 is 2.53 bits per heavy atom. The molecule has 30 heavy (non-hydrogen) atoms. The molecule has 166 valence electrons. The zero-order valence-corrected chi connectivity index (χ0v) is 18.4. The van der Waals surface area contributed by atoms with Crippen LogP contribution in [0.25, 0.3) is 0 Å². The van der Waals surface area contributed by atoms with Crippen molar-refractivity contribution in [2.75, 3.05) is 19.6 Å². The van der Waals surface area contributed by atoms with Gasteiger partial charge in [0.25, 0.3) is 0 Å². The molecule has 7 heteroatoms. The fourth-order valence-corrected chi connectivity index (χ4v) is 6.69. The van der Waals surface area contributed by atoms with Gasteiger partial charge in [-0.05, 0) is 63.0 Å². The van der Waals surface area contributed by atoms with E-state index in [0.29, 0.717) is 31.0 Å². The van der Waals surface area contributed by atoms with Crippen molar-refractivity contribution < 1.29 is 18.3 Å². The first-order valence-electron chi connectivity index (χ1n) is 11.4. The van der Waals surface area contributed by atoms with E-state index in [1.165, 1.54) is 0 Å². The van der Waals surface area contributed by atoms with Gasteiger partial charge >= 0.3 is 0 Å². The largest absolute Gasteiger partial charge is 0.389 e. The van der Waals surface area contributed by atoms with Gasteiger partial charge in [0.2, 0.25) is 15.9 Å². The standard InChI is InChI=1S/C23H34N2O4S/c26-22(25-15-14-23(27)13-5-4-6-20(23)17-25)19-11-9-18(10-12-19)16-24-30(28,29)21-7-2-1-3-8-21/h1-3,7-8,18-20,24,27H,4-6,9-17H2/t18?,19?,20-,23+/m0/s1. The molecule has 6 nitrogen and oxygen atoms in total. The Bertz CT molecular complexity index is 836. The second kappa shape index (κ2) is 8.97. The van der Waals surface area contributed by atoms with Crippen LogP contribution in [0.1, 0.15) is 57.8 Å². The van der Waals surface area contributed by atoms with Crippen molar-refractivity contribution in [2.24, 2.45) is 17.8 Å². The molecule has 2 saturated carbocycles. The van der Waals surface area contributed by atoms with Crippen molar-refractivity contribution >= 4 is 15.9 Å². The number of sulfonamides is 1. The number of rotatable bonds is 5. The lowest BCUT2D eigenvalue weighted by Gasteiger charge is -2.48. The molecule has 4 rings (SSSR count). The zero-order chi connectivity index (χ0) is 21.2. The minimum Gasteiger partial charge on any atom is -0.389 e. The number of hydrogen-bond acceptors (Lipinski definition) is 4. The van der Waals surface area contributed by atoms with Gasteiger partial charge in [0.05, 0.1) is 10.5 Å². The smallest absolute Gasteiger partial charge is 0.240 e. The molecule has 3 fully saturated rings. The van der Waals surface area contributed by atoms with Crippen LogP contribution >= 0.6 is 0 Å². The first-order chi connectivity index (χ1) is 14.4. The van der Waals surface area contributed by atoms with Gasteiger partial charge in [0, 0.05) is 31.5 Å². The molecule has 0 unspecified atom stereocenters. The molecule has 1 aromatic carbocycles. The van der Waals surface area contributed by atoms with Crippen molar-refractivity contribution in [3.8, 4) is 0 Å². The molecule has 1 saturated heterocycles. The number of likely N-dealkylation sites (tertiary alicyclic amines) is 1. The number of benzene rings is 1. The third kappa shape index (κ3) is 4.73. The number of hydrogen-bond donors (Lipinski definition) is 2. The van der Waals surface area contributed by atoms with Crippen LogP contribution in [0.15, 0.2) is 35.2 Å². The number of amides is 1. The maximum Gasteiger partial charge on any atom is 0.240 e. The molecule has 2 atom stereocenters. The quantitative estimate of drug-likeness (QED) is 0.746. The molecule has 2 N–H and O–H groups in total. The predicted molar refractivity (Wildman–Crippen MR) is 115 cm³/mol. The Morgan fingerprint density at radius 1 is 1.07 bits per heavy atom. The van der Waals surface area contributed by atoms with E-state index >= 15 is 0 Å². The van der Waals surface area contributed by atoms with Crippen LogP contribution < -0.4 is 4.72 Å². The fraction of sp³-hybridized carbons (Fsp3) is 0.696. The maximum absolute atomic E-state index is 13.1. The van der Waals surface area contributed by atoms with Gasteiger partial charge in [0.15, 0.2) is 0 Å². The van der Waals surface area contributed by atoms with Gasteiger partial charge in [0.1, 0.15) is 0 Å². The summed E-state index contributed by atoms with van der Waals surface area (Å²) in [6, 6.07) is 8.45. The second-order valence-corrected chi connectivity index (χ2v) is 11.2. The molecule has 0 bridgehead atoms. The maximum atomic E-state index is 13.1. The monoisotopic (exact) mass is 434 g/mol. The van der Waals surface area contributed by atoms with Crippen LogP contribution in [0, 0.1) is 17.8 Å². The van der Waals surface area contributed by atoms with Gasteiger partial charge in [-0.25, -0.2) is 13.1 Å². The highest BCUT2D eigenvalue weighted by Gasteiger charge is 2.44. The summed E-state index contributed by atoms with van der Waals surface area (Å²) in [6.45, 7) is 1.80. The normalized spacial score (nSPS) is 32.4. The molecular formula is C23H34N2O4S. The summed E-state index contributed by atoms with van der Waals surface area (Å²) >= 11 is 0. The molecular weight excluding hydrogens is 400 g/mol. The first kappa shape index (κ1) is 21.8. The van der Waals surface area contributed by atoms with E-state index < -0.39 is 15.6 Å². The number of carbonyl (C=O) groups excluding carboxylic acids is 1. The lowest BCUT2D eigenvalue weighted by Crippen LogP contribution is -2.55. The van der Waals surface area contributed by atoms with Crippen molar-refractivity contribution in [3.63, 3.8) is 0 Å². The van der Waals surface area contributed by atoms with E-state index in [0.717, 1.165) is 51.4 Å². The molecule has 0 spiro atoms. The van der Waals surface area contributed by atoms with Gasteiger partial charge in [-0.2, -0.15) is 0 Å². The molecule has 1 aliphatic heterocycles. The van der Waals surface area contributed by atoms with Crippen LogP contribution in [0.5, 0.6) is 0 Å². The third-order valence-corrected chi connectivity index (χ3v) is 8.99. The summed E-state index contributed by atoms with van der Waals surface area (Å²) < 4.78 is 27.5. The highest BCUT2D eigenvalue weighted by Crippen LogP contribution is 2.40. The van der Waals surface area contributed by atoms with Crippen LogP contribution in [-0.4, -0.2) is 49.6 Å². The highest BCUT2D eigenvalue weighted by atomic mass is 32.2. The summed E-state index contributed by atoms with van der Waals surface area (Å²) in [5.74, 6) is 0.790. The van der Waals surface area contributed by atoms with E-state index in [1.807, 2.05) is 4.90 Å². The molecule has 1 heterocycles. The predicted octanol–water partition coefficient (Wildman–Crippen LogP) is 2.92. The fourth-order valence-electron chi connectivity index (χ4n) is 5.55. The average Bonchev–Trinajstić information content (AvgIpc) is 2.77. The minimum atomic E-state index is -3.47. The van der Waals surface area contributed by atoms with E-state index in [1.54, 1.807) is 30.3 Å². The molecule has 2 aliphatic carbocycles. The number of fused-ring (bicyclic) bond motifs is 1. The summed E-state index contributed by atoms with van der Waals surface area (Å²) in [5, 5.41) is 10.8. The third-order valence-electron chi connectivity index (χ3n) is 7.55. The Balaban J connectivity index is 1.25.